The summed E-state index contributed by atoms with van der Waals surface area (Å²) in [4.78, 5) is 11.2. The first-order chi connectivity index (χ1) is 10.1. The fraction of sp³-hybridized carbons (Fsp3) is 0.0667. The number of halogens is 2. The van der Waals surface area contributed by atoms with Crippen LogP contribution in [0.2, 0.25) is 0 Å². The van der Waals surface area contributed by atoms with Crippen LogP contribution in [-0.2, 0) is 6.54 Å². The number of hydrogen-bond donors (Lipinski definition) is 1. The van der Waals surface area contributed by atoms with Crippen LogP contribution in [0, 0.1) is 11.6 Å². The molecule has 1 aromatic heterocycles. The molecule has 0 radical (unpaired) electrons. The molecule has 0 bridgehead atoms. The maximum Gasteiger partial charge on any atom is 0.357 e. The largest absolute Gasteiger partial charge is 0.476 e. The maximum absolute atomic E-state index is 13.2. The topological polar surface area (TPSA) is 55.1 Å². The third kappa shape index (κ3) is 2.35. The molecule has 0 spiro atoms. The van der Waals surface area contributed by atoms with Crippen LogP contribution in [0.4, 0.5) is 8.78 Å². The van der Waals surface area contributed by atoms with Crippen LogP contribution in [0.15, 0.2) is 42.5 Å². The second-order valence-corrected chi connectivity index (χ2v) is 4.58. The SMILES string of the molecule is O=C(O)c1nn(Cc2ccc(F)c(F)c2)c2ccccc12. The molecule has 4 nitrogen and oxygen atoms in total. The van der Waals surface area contributed by atoms with Crippen molar-refractivity contribution in [1.82, 2.24) is 9.78 Å². The van der Waals surface area contributed by atoms with E-state index < -0.39 is 17.6 Å². The van der Waals surface area contributed by atoms with Gasteiger partial charge in [0.2, 0.25) is 0 Å². The summed E-state index contributed by atoms with van der Waals surface area (Å²) in [5.41, 5.74) is 1.06. The lowest BCUT2D eigenvalue weighted by molar-refractivity contribution is 0.0691. The lowest BCUT2D eigenvalue weighted by Crippen LogP contribution is -2.05. The van der Waals surface area contributed by atoms with E-state index in [1.807, 2.05) is 0 Å². The molecule has 0 fully saturated rings. The van der Waals surface area contributed by atoms with Crippen molar-refractivity contribution in [2.45, 2.75) is 6.54 Å². The van der Waals surface area contributed by atoms with Gasteiger partial charge < -0.3 is 5.11 Å². The molecule has 0 saturated carbocycles. The molecule has 0 aliphatic heterocycles. The molecule has 0 aliphatic carbocycles. The smallest absolute Gasteiger partial charge is 0.357 e. The van der Waals surface area contributed by atoms with Crippen LogP contribution in [0.1, 0.15) is 16.1 Å². The van der Waals surface area contributed by atoms with Gasteiger partial charge in [0.1, 0.15) is 0 Å². The quantitative estimate of drug-likeness (QED) is 0.806. The summed E-state index contributed by atoms with van der Waals surface area (Å²) >= 11 is 0. The third-order valence-electron chi connectivity index (χ3n) is 3.18. The minimum Gasteiger partial charge on any atom is -0.476 e. The zero-order chi connectivity index (χ0) is 15.0. The van der Waals surface area contributed by atoms with E-state index in [-0.39, 0.29) is 12.2 Å². The van der Waals surface area contributed by atoms with Crippen LogP contribution in [0.3, 0.4) is 0 Å². The molecule has 2 aromatic carbocycles. The molecule has 1 N–H and O–H groups in total. The van der Waals surface area contributed by atoms with Gasteiger partial charge in [-0.05, 0) is 23.8 Å². The Kier molecular flexibility index (Phi) is 3.13. The van der Waals surface area contributed by atoms with Crippen molar-refractivity contribution in [3.8, 4) is 0 Å². The summed E-state index contributed by atoms with van der Waals surface area (Å²) in [7, 11) is 0. The summed E-state index contributed by atoms with van der Waals surface area (Å²) in [5.74, 6) is -2.99. The van der Waals surface area contributed by atoms with Crippen molar-refractivity contribution in [3.05, 3.63) is 65.4 Å². The van der Waals surface area contributed by atoms with Gasteiger partial charge in [-0.15, -0.1) is 0 Å². The van der Waals surface area contributed by atoms with E-state index >= 15 is 0 Å². The lowest BCUT2D eigenvalue weighted by atomic mass is 10.2. The van der Waals surface area contributed by atoms with Crippen molar-refractivity contribution in [3.63, 3.8) is 0 Å². The van der Waals surface area contributed by atoms with E-state index in [0.29, 0.717) is 16.5 Å². The Balaban J connectivity index is 2.08. The molecule has 0 atom stereocenters. The van der Waals surface area contributed by atoms with E-state index in [0.717, 1.165) is 12.1 Å². The maximum atomic E-state index is 13.2. The second kappa shape index (κ2) is 4.97. The molecule has 0 amide bonds. The van der Waals surface area contributed by atoms with Crippen LogP contribution in [-0.4, -0.2) is 20.9 Å². The van der Waals surface area contributed by atoms with Crippen molar-refractivity contribution in [2.24, 2.45) is 0 Å². The Bertz CT molecular complexity index is 843. The minimum atomic E-state index is -1.13. The average molecular weight is 288 g/mol. The molecule has 3 rings (SSSR count). The van der Waals surface area contributed by atoms with E-state index in [4.69, 9.17) is 5.11 Å². The second-order valence-electron chi connectivity index (χ2n) is 4.58. The van der Waals surface area contributed by atoms with Gasteiger partial charge in [-0.3, -0.25) is 4.68 Å². The van der Waals surface area contributed by atoms with Gasteiger partial charge in [0.15, 0.2) is 17.3 Å². The molecule has 0 unspecified atom stereocenters. The van der Waals surface area contributed by atoms with Crippen molar-refractivity contribution < 1.29 is 18.7 Å². The van der Waals surface area contributed by atoms with E-state index in [2.05, 4.69) is 5.10 Å². The third-order valence-corrected chi connectivity index (χ3v) is 3.18. The molecule has 0 saturated heterocycles. The average Bonchev–Trinajstić information content (AvgIpc) is 2.82. The number of hydrogen-bond acceptors (Lipinski definition) is 2. The van der Waals surface area contributed by atoms with E-state index in [9.17, 15) is 13.6 Å². The van der Waals surface area contributed by atoms with E-state index in [1.165, 1.54) is 10.7 Å². The summed E-state index contributed by atoms with van der Waals surface area (Å²) in [6, 6.07) is 10.4. The molecule has 1 heterocycles. The van der Waals surface area contributed by atoms with Gasteiger partial charge in [0.05, 0.1) is 12.1 Å². The van der Waals surface area contributed by atoms with Crippen LogP contribution >= 0.6 is 0 Å². The predicted molar refractivity (Wildman–Crippen MR) is 72.2 cm³/mol. The molecular weight excluding hydrogens is 278 g/mol. The molecule has 6 heteroatoms. The zero-order valence-corrected chi connectivity index (χ0v) is 10.8. The molecule has 0 aliphatic rings. The Morgan fingerprint density at radius 3 is 2.62 bits per heavy atom. The summed E-state index contributed by atoms with van der Waals surface area (Å²) in [6.07, 6.45) is 0. The van der Waals surface area contributed by atoms with Crippen LogP contribution in [0.5, 0.6) is 0 Å². The van der Waals surface area contributed by atoms with E-state index in [1.54, 1.807) is 24.3 Å². The fourth-order valence-corrected chi connectivity index (χ4v) is 2.22. The van der Waals surface area contributed by atoms with Gasteiger partial charge in [-0.2, -0.15) is 5.10 Å². The number of aromatic carboxylic acids is 1. The monoisotopic (exact) mass is 288 g/mol. The number of aromatic nitrogens is 2. The Morgan fingerprint density at radius 2 is 1.90 bits per heavy atom. The number of para-hydroxylation sites is 1. The van der Waals surface area contributed by atoms with Gasteiger partial charge >= 0.3 is 5.97 Å². The van der Waals surface area contributed by atoms with Gasteiger partial charge in [-0.25, -0.2) is 13.6 Å². The summed E-state index contributed by atoms with van der Waals surface area (Å²) in [5, 5.41) is 13.7. The van der Waals surface area contributed by atoms with Crippen molar-refractivity contribution >= 4 is 16.9 Å². The minimum absolute atomic E-state index is 0.0619. The number of rotatable bonds is 3. The van der Waals surface area contributed by atoms with Crippen LogP contribution in [0.25, 0.3) is 10.9 Å². The number of nitrogens with zero attached hydrogens (tertiary/aromatic N) is 2. The zero-order valence-electron chi connectivity index (χ0n) is 10.8. The standard InChI is InChI=1S/C15H10F2N2O2/c16-11-6-5-9(7-12(11)17)8-19-13-4-2-1-3-10(13)14(18-19)15(20)21/h1-7H,8H2,(H,20,21). The van der Waals surface area contributed by atoms with Gasteiger partial charge in [-0.1, -0.05) is 24.3 Å². The first kappa shape index (κ1) is 13.2. The molecule has 106 valence electrons. The molecular formula is C15H10F2N2O2. The van der Waals surface area contributed by atoms with Crippen molar-refractivity contribution in [2.75, 3.05) is 0 Å². The Hall–Kier alpha value is -2.76. The summed E-state index contributed by atoms with van der Waals surface area (Å²) in [6.45, 7) is 0.158. The highest BCUT2D eigenvalue weighted by Crippen LogP contribution is 2.20. The molecule has 3 aromatic rings. The number of carboxylic acids is 1. The highest BCUT2D eigenvalue weighted by atomic mass is 19.2. The Morgan fingerprint density at radius 1 is 1.14 bits per heavy atom. The fourth-order valence-electron chi connectivity index (χ4n) is 2.22. The Labute approximate surface area is 118 Å². The van der Waals surface area contributed by atoms with Crippen molar-refractivity contribution in [1.29, 1.82) is 0 Å². The normalized spacial score (nSPS) is 11.0. The predicted octanol–water partition coefficient (Wildman–Crippen LogP) is 3.06. The number of benzene rings is 2. The highest BCUT2D eigenvalue weighted by Gasteiger charge is 2.16. The summed E-state index contributed by atoms with van der Waals surface area (Å²) < 4.78 is 27.6. The number of fused-ring (bicyclic) bond motifs is 1. The van der Waals surface area contributed by atoms with Gasteiger partial charge in [0, 0.05) is 5.39 Å². The highest BCUT2D eigenvalue weighted by molar-refractivity contribution is 6.01. The number of carboxylic acid groups (broad SMARTS) is 1. The first-order valence-electron chi connectivity index (χ1n) is 6.19. The lowest BCUT2D eigenvalue weighted by Gasteiger charge is -2.04. The first-order valence-corrected chi connectivity index (χ1v) is 6.19. The van der Waals surface area contributed by atoms with Gasteiger partial charge in [0.25, 0.3) is 0 Å². The van der Waals surface area contributed by atoms with Crippen LogP contribution < -0.4 is 0 Å². The number of carbonyl (C=O) groups is 1. The molecule has 21 heavy (non-hydrogen) atoms.